The first kappa shape index (κ1) is 28.0. The number of fused-ring (bicyclic) bond motifs is 1. The average molecular weight is 538 g/mol. The molecule has 0 aromatic heterocycles. The maximum atomic E-state index is 13.9. The van der Waals surface area contributed by atoms with Crippen molar-refractivity contribution in [3.05, 3.63) is 59.6 Å². The molecular weight excluding hydrogens is 505 g/mol. The zero-order valence-electron chi connectivity index (χ0n) is 20.9. The predicted molar refractivity (Wildman–Crippen MR) is 140 cm³/mol. The molecule has 0 fully saturated rings. The first-order valence-corrected chi connectivity index (χ1v) is 14.2. The van der Waals surface area contributed by atoms with E-state index in [1.165, 1.54) is 12.1 Å². The van der Waals surface area contributed by atoms with E-state index in [1.54, 1.807) is 0 Å². The number of hydrogen-bond donors (Lipinski definition) is 0. The Hall–Kier alpha value is -2.58. The summed E-state index contributed by atoms with van der Waals surface area (Å²) in [5.74, 6) is -2.56. The number of rotatable bonds is 10. The van der Waals surface area contributed by atoms with Crippen molar-refractivity contribution in [1.29, 1.82) is 0 Å². The number of unbranched alkanes of at least 4 members (excludes halogenated alkanes) is 2. The second-order valence-electron chi connectivity index (χ2n) is 9.21. The van der Waals surface area contributed by atoms with Crippen molar-refractivity contribution < 1.29 is 27.1 Å². The molecule has 3 rings (SSSR count). The Kier molecular flexibility index (Phi) is 9.41. The van der Waals surface area contributed by atoms with Crippen molar-refractivity contribution in [2.45, 2.75) is 57.3 Å². The van der Waals surface area contributed by atoms with Crippen LogP contribution >= 0.6 is 11.6 Å². The van der Waals surface area contributed by atoms with Gasteiger partial charge in [-0.1, -0.05) is 69.3 Å². The number of carbonyl (C=O) groups excluding carboxylic acids is 1. The van der Waals surface area contributed by atoms with E-state index in [-0.39, 0.29) is 21.4 Å². The molecule has 1 aliphatic heterocycles. The molecule has 1 heterocycles. The molecule has 0 aliphatic carbocycles. The molecule has 0 spiro atoms. The van der Waals surface area contributed by atoms with Gasteiger partial charge in [-0.2, -0.15) is 4.39 Å². The van der Waals surface area contributed by atoms with Gasteiger partial charge in [-0.25, -0.2) is 13.2 Å². The second-order valence-corrected chi connectivity index (χ2v) is 11.6. The van der Waals surface area contributed by atoms with Gasteiger partial charge in [0.2, 0.25) is 5.83 Å². The van der Waals surface area contributed by atoms with E-state index >= 15 is 0 Å². The molecule has 0 radical (unpaired) electrons. The van der Waals surface area contributed by atoms with Crippen molar-refractivity contribution >= 4 is 38.8 Å². The SMILES string of the molecule is CCCCC1(CCCC)CN(c2ccccc2)c2cc(Cl)c(O/C=C(\F)C(=O)OC)cc2S(=O)(=O)C1. The molecule has 0 bridgehead atoms. The Bertz CT molecular complexity index is 1190. The highest BCUT2D eigenvalue weighted by molar-refractivity contribution is 7.91. The Morgan fingerprint density at radius 2 is 1.78 bits per heavy atom. The molecule has 0 amide bonds. The van der Waals surface area contributed by atoms with Crippen LogP contribution in [0.25, 0.3) is 0 Å². The van der Waals surface area contributed by atoms with Crippen LogP contribution in [-0.2, 0) is 19.4 Å². The summed E-state index contributed by atoms with van der Waals surface area (Å²) < 4.78 is 51.3. The summed E-state index contributed by atoms with van der Waals surface area (Å²) in [6, 6.07) is 12.5. The monoisotopic (exact) mass is 537 g/mol. The van der Waals surface area contributed by atoms with Gasteiger partial charge >= 0.3 is 5.97 Å². The fourth-order valence-corrected chi connectivity index (χ4v) is 6.97. The maximum absolute atomic E-state index is 13.9. The van der Waals surface area contributed by atoms with E-state index in [0.29, 0.717) is 18.5 Å². The highest BCUT2D eigenvalue weighted by Gasteiger charge is 2.42. The number of para-hydroxylation sites is 1. The van der Waals surface area contributed by atoms with Gasteiger partial charge in [0, 0.05) is 23.7 Å². The normalized spacial score (nSPS) is 16.7. The number of esters is 1. The lowest BCUT2D eigenvalue weighted by molar-refractivity contribution is -0.137. The van der Waals surface area contributed by atoms with E-state index in [4.69, 9.17) is 16.3 Å². The van der Waals surface area contributed by atoms with E-state index in [0.717, 1.165) is 51.3 Å². The van der Waals surface area contributed by atoms with E-state index in [9.17, 15) is 17.6 Å². The molecular formula is C27H33ClFNO5S. The van der Waals surface area contributed by atoms with E-state index < -0.39 is 27.0 Å². The van der Waals surface area contributed by atoms with Crippen LogP contribution in [0.15, 0.2) is 59.4 Å². The summed E-state index contributed by atoms with van der Waals surface area (Å²) in [6.45, 7) is 4.73. The van der Waals surface area contributed by atoms with Crippen LogP contribution in [0.3, 0.4) is 0 Å². The summed E-state index contributed by atoms with van der Waals surface area (Å²) >= 11 is 6.48. The van der Waals surface area contributed by atoms with Gasteiger partial charge in [0.1, 0.15) is 12.0 Å². The standard InChI is InChI=1S/C27H33ClFNO5S/c1-4-6-13-27(14-7-5-2)18-30(20-11-9-8-10-12-20)23-15-21(28)24(16-25(23)36(32,33)19-27)35-17-22(29)26(31)34-3/h8-12,15-17H,4-7,13-14,18-19H2,1-3H3/b22-17-. The topological polar surface area (TPSA) is 72.9 Å². The Labute approximate surface area is 218 Å². The van der Waals surface area contributed by atoms with Crippen LogP contribution in [0.1, 0.15) is 52.4 Å². The molecule has 1 aliphatic rings. The molecule has 0 saturated carbocycles. The zero-order chi connectivity index (χ0) is 26.3. The highest BCUT2D eigenvalue weighted by atomic mass is 35.5. The van der Waals surface area contributed by atoms with E-state index in [1.807, 2.05) is 35.2 Å². The molecule has 2 aromatic carbocycles. The van der Waals surface area contributed by atoms with Crippen LogP contribution in [0.2, 0.25) is 5.02 Å². The minimum absolute atomic E-state index is 0.0102. The number of halogens is 2. The van der Waals surface area contributed by atoms with Gasteiger partial charge in [-0.05, 0) is 31.0 Å². The molecule has 2 aromatic rings. The molecule has 9 heteroatoms. The van der Waals surface area contributed by atoms with Gasteiger partial charge < -0.3 is 14.4 Å². The number of ether oxygens (including phenoxy) is 2. The number of sulfone groups is 1. The maximum Gasteiger partial charge on any atom is 0.370 e. The predicted octanol–water partition coefficient (Wildman–Crippen LogP) is 6.99. The van der Waals surface area contributed by atoms with Gasteiger partial charge in [0.25, 0.3) is 0 Å². The number of benzene rings is 2. The van der Waals surface area contributed by atoms with Crippen LogP contribution in [0.4, 0.5) is 15.8 Å². The van der Waals surface area contributed by atoms with Gasteiger partial charge in [-0.3, -0.25) is 0 Å². The molecule has 0 atom stereocenters. The number of methoxy groups -OCH3 is 1. The Morgan fingerprint density at radius 3 is 2.36 bits per heavy atom. The highest BCUT2D eigenvalue weighted by Crippen LogP contribution is 2.47. The largest absolute Gasteiger partial charge is 0.464 e. The Morgan fingerprint density at radius 1 is 1.14 bits per heavy atom. The van der Waals surface area contributed by atoms with Crippen molar-refractivity contribution in [3.63, 3.8) is 0 Å². The van der Waals surface area contributed by atoms with Crippen LogP contribution in [0, 0.1) is 5.41 Å². The lowest BCUT2D eigenvalue weighted by atomic mass is 9.79. The lowest BCUT2D eigenvalue weighted by Gasteiger charge is -2.37. The molecule has 36 heavy (non-hydrogen) atoms. The fourth-order valence-electron chi connectivity index (χ4n) is 4.65. The molecule has 196 valence electrons. The molecule has 0 unspecified atom stereocenters. The summed E-state index contributed by atoms with van der Waals surface area (Å²) in [5, 5.41) is 0.0911. The Balaban J connectivity index is 2.18. The van der Waals surface area contributed by atoms with Crippen LogP contribution < -0.4 is 9.64 Å². The van der Waals surface area contributed by atoms with Crippen molar-refractivity contribution in [1.82, 2.24) is 0 Å². The zero-order valence-corrected chi connectivity index (χ0v) is 22.5. The summed E-state index contributed by atoms with van der Waals surface area (Å²) in [4.78, 5) is 13.4. The number of hydrogen-bond acceptors (Lipinski definition) is 6. The quantitative estimate of drug-likeness (QED) is 0.185. The molecule has 0 saturated heterocycles. The first-order chi connectivity index (χ1) is 17.2. The van der Waals surface area contributed by atoms with E-state index in [2.05, 4.69) is 18.6 Å². The van der Waals surface area contributed by atoms with Gasteiger partial charge in [0.05, 0.1) is 28.5 Å². The lowest BCUT2D eigenvalue weighted by Crippen LogP contribution is -2.38. The minimum Gasteiger partial charge on any atom is -0.464 e. The molecule has 0 N–H and O–H groups in total. The smallest absolute Gasteiger partial charge is 0.370 e. The first-order valence-electron chi connectivity index (χ1n) is 12.2. The third kappa shape index (κ3) is 6.40. The third-order valence-corrected chi connectivity index (χ3v) is 8.77. The van der Waals surface area contributed by atoms with Crippen LogP contribution in [-0.4, -0.2) is 33.8 Å². The average Bonchev–Trinajstić information content (AvgIpc) is 2.96. The number of nitrogens with zero attached hydrogens (tertiary/aromatic N) is 1. The minimum atomic E-state index is -3.77. The number of carbonyl (C=O) groups is 1. The summed E-state index contributed by atoms with van der Waals surface area (Å²) in [5.41, 5.74) is 0.852. The third-order valence-electron chi connectivity index (χ3n) is 6.49. The summed E-state index contributed by atoms with van der Waals surface area (Å²) in [7, 11) is -2.73. The van der Waals surface area contributed by atoms with Crippen molar-refractivity contribution in [2.75, 3.05) is 24.3 Å². The van der Waals surface area contributed by atoms with Gasteiger partial charge in [-0.15, -0.1) is 0 Å². The van der Waals surface area contributed by atoms with Crippen molar-refractivity contribution in [2.24, 2.45) is 5.41 Å². The number of anilines is 2. The van der Waals surface area contributed by atoms with Crippen molar-refractivity contribution in [3.8, 4) is 5.75 Å². The molecule has 6 nitrogen and oxygen atoms in total. The second kappa shape index (κ2) is 12.1. The van der Waals surface area contributed by atoms with Gasteiger partial charge in [0.15, 0.2) is 9.84 Å². The fraction of sp³-hybridized carbons (Fsp3) is 0.444. The summed E-state index contributed by atoms with van der Waals surface area (Å²) in [6.07, 6.45) is 5.90. The van der Waals surface area contributed by atoms with Crippen LogP contribution in [0.5, 0.6) is 5.75 Å².